The average molecular weight is 309 g/mol. The van der Waals surface area contributed by atoms with E-state index in [1.807, 2.05) is 11.8 Å². The summed E-state index contributed by atoms with van der Waals surface area (Å²) < 4.78 is 26.8. The number of hydrogen-bond donors (Lipinski definition) is 0. The van der Waals surface area contributed by atoms with Gasteiger partial charge in [0.1, 0.15) is 11.6 Å². The van der Waals surface area contributed by atoms with Crippen LogP contribution in [0.3, 0.4) is 0 Å². The van der Waals surface area contributed by atoms with Gasteiger partial charge in [0.05, 0.1) is 0 Å². The SMILES string of the molecule is CC(CC(=O)N1CCCCCCCC1)c1ccc(F)cc1F. The summed E-state index contributed by atoms with van der Waals surface area (Å²) in [5.74, 6) is -1.30. The van der Waals surface area contributed by atoms with E-state index in [0.717, 1.165) is 32.0 Å². The quantitative estimate of drug-likeness (QED) is 0.796. The van der Waals surface area contributed by atoms with Crippen molar-refractivity contribution in [2.24, 2.45) is 0 Å². The lowest BCUT2D eigenvalue weighted by Crippen LogP contribution is -2.33. The summed E-state index contributed by atoms with van der Waals surface area (Å²) in [7, 11) is 0. The van der Waals surface area contributed by atoms with Crippen molar-refractivity contribution in [3.8, 4) is 0 Å². The molecule has 1 aromatic rings. The molecule has 22 heavy (non-hydrogen) atoms. The van der Waals surface area contributed by atoms with E-state index in [1.165, 1.54) is 37.8 Å². The van der Waals surface area contributed by atoms with Crippen LogP contribution in [0.4, 0.5) is 8.78 Å². The Labute approximate surface area is 131 Å². The topological polar surface area (TPSA) is 20.3 Å². The van der Waals surface area contributed by atoms with Crippen molar-refractivity contribution in [1.82, 2.24) is 4.90 Å². The van der Waals surface area contributed by atoms with Crippen LogP contribution in [-0.2, 0) is 4.79 Å². The van der Waals surface area contributed by atoms with Crippen LogP contribution in [0.2, 0.25) is 0 Å². The molecule has 1 heterocycles. The Morgan fingerprint density at radius 2 is 1.68 bits per heavy atom. The third-order valence-corrected chi connectivity index (χ3v) is 4.43. The van der Waals surface area contributed by atoms with Gasteiger partial charge in [0.15, 0.2) is 0 Å². The van der Waals surface area contributed by atoms with Crippen LogP contribution < -0.4 is 0 Å². The molecule has 1 atom stereocenters. The van der Waals surface area contributed by atoms with E-state index >= 15 is 0 Å². The lowest BCUT2D eigenvalue weighted by atomic mass is 9.96. The standard InChI is InChI=1S/C18H25F2NO/c1-14(16-9-8-15(19)13-17(16)20)12-18(22)21-10-6-4-2-3-5-7-11-21/h8-9,13-14H,2-7,10-12H2,1H3. The summed E-state index contributed by atoms with van der Waals surface area (Å²) in [6, 6.07) is 3.58. The zero-order valence-electron chi connectivity index (χ0n) is 13.3. The second-order valence-electron chi connectivity index (χ2n) is 6.27. The number of carbonyl (C=O) groups is 1. The van der Waals surface area contributed by atoms with Crippen LogP contribution in [0.5, 0.6) is 0 Å². The fraction of sp³-hybridized carbons (Fsp3) is 0.611. The van der Waals surface area contributed by atoms with Crippen molar-refractivity contribution in [3.63, 3.8) is 0 Å². The third kappa shape index (κ3) is 4.79. The van der Waals surface area contributed by atoms with Gasteiger partial charge >= 0.3 is 0 Å². The molecule has 2 rings (SSSR count). The Balaban J connectivity index is 1.96. The lowest BCUT2D eigenvalue weighted by Gasteiger charge is -2.24. The number of rotatable bonds is 3. The minimum absolute atomic E-state index is 0.0816. The smallest absolute Gasteiger partial charge is 0.223 e. The summed E-state index contributed by atoms with van der Waals surface area (Å²) in [4.78, 5) is 14.4. The minimum atomic E-state index is -0.584. The molecule has 0 N–H and O–H groups in total. The van der Waals surface area contributed by atoms with Gasteiger partial charge in [-0.05, 0) is 30.4 Å². The fourth-order valence-electron chi connectivity index (χ4n) is 3.08. The highest BCUT2D eigenvalue weighted by Crippen LogP contribution is 2.24. The highest BCUT2D eigenvalue weighted by atomic mass is 19.1. The highest BCUT2D eigenvalue weighted by molar-refractivity contribution is 5.77. The predicted octanol–water partition coefficient (Wildman–Crippen LogP) is 4.64. The molecule has 0 aromatic heterocycles. The summed E-state index contributed by atoms with van der Waals surface area (Å²) in [5, 5.41) is 0. The molecule has 0 aliphatic carbocycles. The fourth-order valence-corrected chi connectivity index (χ4v) is 3.08. The minimum Gasteiger partial charge on any atom is -0.343 e. The Kier molecular flexibility index (Phi) is 6.34. The van der Waals surface area contributed by atoms with Gasteiger partial charge in [0.25, 0.3) is 0 Å². The van der Waals surface area contributed by atoms with Gasteiger partial charge in [-0.25, -0.2) is 8.78 Å². The number of benzene rings is 1. The van der Waals surface area contributed by atoms with Crippen LogP contribution in [-0.4, -0.2) is 23.9 Å². The number of amides is 1. The maximum Gasteiger partial charge on any atom is 0.223 e. The molecular formula is C18H25F2NO. The van der Waals surface area contributed by atoms with E-state index in [-0.39, 0.29) is 18.2 Å². The number of nitrogens with zero attached hydrogens (tertiary/aromatic N) is 1. The van der Waals surface area contributed by atoms with Crippen molar-refractivity contribution in [2.45, 2.75) is 57.8 Å². The molecule has 0 saturated carbocycles. The van der Waals surface area contributed by atoms with E-state index < -0.39 is 11.6 Å². The normalized spacial score (nSPS) is 18.2. The first-order valence-corrected chi connectivity index (χ1v) is 8.30. The summed E-state index contributed by atoms with van der Waals surface area (Å²) in [5.41, 5.74) is 0.416. The van der Waals surface area contributed by atoms with Crippen molar-refractivity contribution in [2.75, 3.05) is 13.1 Å². The van der Waals surface area contributed by atoms with Crippen LogP contribution in [0.1, 0.15) is 63.4 Å². The van der Waals surface area contributed by atoms with Gasteiger partial charge in [-0.2, -0.15) is 0 Å². The molecule has 1 aliphatic rings. The molecule has 0 bridgehead atoms. The van der Waals surface area contributed by atoms with Gasteiger partial charge in [-0.15, -0.1) is 0 Å². The summed E-state index contributed by atoms with van der Waals surface area (Å²) in [6.45, 7) is 3.43. The molecule has 2 nitrogen and oxygen atoms in total. The van der Waals surface area contributed by atoms with Crippen molar-refractivity contribution >= 4 is 5.91 Å². The number of hydrogen-bond acceptors (Lipinski definition) is 1. The van der Waals surface area contributed by atoms with E-state index in [1.54, 1.807) is 0 Å². The summed E-state index contributed by atoms with van der Waals surface area (Å²) in [6.07, 6.45) is 7.22. The molecule has 1 unspecified atom stereocenters. The van der Waals surface area contributed by atoms with E-state index in [2.05, 4.69) is 0 Å². The van der Waals surface area contributed by atoms with Gasteiger partial charge in [0, 0.05) is 25.6 Å². The number of carbonyl (C=O) groups excluding carboxylic acids is 1. The first kappa shape index (κ1) is 16.9. The van der Waals surface area contributed by atoms with Crippen LogP contribution >= 0.6 is 0 Å². The first-order chi connectivity index (χ1) is 10.6. The van der Waals surface area contributed by atoms with E-state index in [0.29, 0.717) is 5.56 Å². The molecule has 1 fully saturated rings. The van der Waals surface area contributed by atoms with Crippen molar-refractivity contribution < 1.29 is 13.6 Å². The Morgan fingerprint density at radius 3 is 2.27 bits per heavy atom. The maximum atomic E-state index is 13.8. The van der Waals surface area contributed by atoms with Gasteiger partial charge in [-0.1, -0.05) is 38.7 Å². The monoisotopic (exact) mass is 309 g/mol. The van der Waals surface area contributed by atoms with Crippen molar-refractivity contribution in [1.29, 1.82) is 0 Å². The van der Waals surface area contributed by atoms with Gasteiger partial charge in [-0.3, -0.25) is 4.79 Å². The van der Waals surface area contributed by atoms with E-state index in [4.69, 9.17) is 0 Å². The molecule has 1 aromatic carbocycles. The predicted molar refractivity (Wildman–Crippen MR) is 83.7 cm³/mol. The largest absolute Gasteiger partial charge is 0.343 e. The summed E-state index contributed by atoms with van der Waals surface area (Å²) >= 11 is 0. The average Bonchev–Trinajstić information content (AvgIpc) is 2.60. The lowest BCUT2D eigenvalue weighted by molar-refractivity contribution is -0.131. The van der Waals surface area contributed by atoms with Crippen LogP contribution in [0.15, 0.2) is 18.2 Å². The third-order valence-electron chi connectivity index (χ3n) is 4.43. The molecule has 1 saturated heterocycles. The maximum absolute atomic E-state index is 13.8. The van der Waals surface area contributed by atoms with Gasteiger partial charge < -0.3 is 4.90 Å². The second kappa shape index (κ2) is 8.25. The Morgan fingerprint density at radius 1 is 1.09 bits per heavy atom. The second-order valence-corrected chi connectivity index (χ2v) is 6.27. The molecule has 0 spiro atoms. The zero-order valence-corrected chi connectivity index (χ0v) is 13.3. The molecule has 1 amide bonds. The molecule has 1 aliphatic heterocycles. The molecule has 4 heteroatoms. The zero-order chi connectivity index (χ0) is 15.9. The Hall–Kier alpha value is -1.45. The Bertz CT molecular complexity index is 494. The number of halogens is 2. The van der Waals surface area contributed by atoms with Crippen molar-refractivity contribution in [3.05, 3.63) is 35.4 Å². The molecule has 122 valence electrons. The van der Waals surface area contributed by atoms with Crippen LogP contribution in [0, 0.1) is 11.6 Å². The molecule has 0 radical (unpaired) electrons. The highest BCUT2D eigenvalue weighted by Gasteiger charge is 2.20. The molecular weight excluding hydrogens is 284 g/mol. The first-order valence-electron chi connectivity index (χ1n) is 8.30. The van der Waals surface area contributed by atoms with Gasteiger partial charge in [0.2, 0.25) is 5.91 Å². The van der Waals surface area contributed by atoms with E-state index in [9.17, 15) is 13.6 Å². The van der Waals surface area contributed by atoms with Crippen LogP contribution in [0.25, 0.3) is 0 Å².